The third kappa shape index (κ3) is 57.8. The van der Waals surface area contributed by atoms with Crippen molar-refractivity contribution in [3.05, 3.63) is 48.6 Å². The van der Waals surface area contributed by atoms with Crippen molar-refractivity contribution in [3.8, 4) is 0 Å². The Morgan fingerprint density at radius 2 is 0.494 bits per heavy atom. The summed E-state index contributed by atoms with van der Waals surface area (Å²) >= 11 is 0. The Morgan fingerprint density at radius 3 is 0.741 bits per heavy atom. The molecule has 0 aromatic heterocycles. The van der Waals surface area contributed by atoms with Crippen LogP contribution in [-0.2, 0) is 28.7 Å². The number of likely N-dealkylation sites (N-methyl/N-ethyl adjacent to an activating group) is 1. The van der Waals surface area contributed by atoms with Gasteiger partial charge in [-0.05, 0) is 135 Å². The first kappa shape index (κ1) is 84.7. The number of rotatable bonds is 65. The Morgan fingerprint density at radius 1 is 0.294 bits per heavy atom. The molecule has 0 spiro atoms. The molecule has 0 rings (SSSR count). The number of quaternary nitrogens is 1. The molecule has 2 unspecified atom stereocenters. The van der Waals surface area contributed by atoms with E-state index in [1.165, 1.54) is 186 Å². The smallest absolute Gasteiger partial charge is 0.320 e. The summed E-state index contributed by atoms with van der Waals surface area (Å²) in [4.78, 5) is 56.3. The monoisotopic (exact) mass is 1260 g/mol. The number of esters is 2. The number of imide groups is 1. The molecule has 8 heteroatoms. The molecule has 0 aromatic rings. The van der Waals surface area contributed by atoms with E-state index in [2.05, 4.69) is 76.3 Å². The summed E-state index contributed by atoms with van der Waals surface area (Å²) in [5.41, 5.74) is 0. The van der Waals surface area contributed by atoms with Crippen molar-refractivity contribution in [2.24, 2.45) is 0 Å². The minimum absolute atomic E-state index is 0. The van der Waals surface area contributed by atoms with E-state index in [4.69, 9.17) is 9.47 Å². The summed E-state index contributed by atoms with van der Waals surface area (Å²) < 4.78 is 11.9. The normalized spacial score (nSPS) is 12.7. The minimum Gasteiger partial charge on any atom is -1.00 e. The molecular weight excluding hydrogens is 1110 g/mol. The van der Waals surface area contributed by atoms with Gasteiger partial charge in [-0.2, -0.15) is 4.48 Å². The van der Waals surface area contributed by atoms with Gasteiger partial charge in [-0.3, -0.25) is 9.59 Å². The summed E-state index contributed by atoms with van der Waals surface area (Å²) in [5.74, 6) is -0.920. The van der Waals surface area contributed by atoms with Crippen LogP contribution >= 0.6 is 0 Å². The first-order chi connectivity index (χ1) is 41.2. The van der Waals surface area contributed by atoms with Gasteiger partial charge in [0.2, 0.25) is 0 Å². The second kappa shape index (κ2) is 67.6. The van der Waals surface area contributed by atoms with Gasteiger partial charge in [-0.1, -0.05) is 282 Å². The topological polar surface area (TPSA) is 86.7 Å². The zero-order chi connectivity index (χ0) is 61.3. The lowest BCUT2D eigenvalue weighted by atomic mass is 10.0. The van der Waals surface area contributed by atoms with E-state index in [0.717, 1.165) is 148 Å². The maximum atomic E-state index is 14.5. The fourth-order valence-corrected chi connectivity index (χ4v) is 11.4. The fraction of sp³-hybridized carbons (Fsp3) is 0.844. The van der Waals surface area contributed by atoms with Crippen molar-refractivity contribution < 1.29 is 50.1 Å². The third-order valence-electron chi connectivity index (χ3n) is 17.4. The largest absolute Gasteiger partial charge is 1.00 e. The molecule has 0 N–H and O–H groups in total. The first-order valence-corrected chi connectivity index (χ1v) is 37.1. The van der Waals surface area contributed by atoms with Crippen molar-refractivity contribution in [2.75, 3.05) is 13.6 Å². The van der Waals surface area contributed by atoms with Crippen LogP contribution in [0.1, 0.15) is 394 Å². The van der Waals surface area contributed by atoms with Gasteiger partial charge in [0.15, 0.2) is 6.10 Å². The highest BCUT2D eigenvalue weighted by molar-refractivity contribution is 5.84. The quantitative estimate of drug-likeness (QED) is 0.0261. The second-order valence-electron chi connectivity index (χ2n) is 25.7. The predicted molar refractivity (Wildman–Crippen MR) is 364 cm³/mol. The van der Waals surface area contributed by atoms with Gasteiger partial charge in [0.1, 0.15) is 12.6 Å². The van der Waals surface area contributed by atoms with E-state index in [0.29, 0.717) is 19.3 Å². The zero-order valence-corrected chi connectivity index (χ0v) is 58.9. The second-order valence-corrected chi connectivity index (χ2v) is 25.7. The molecule has 0 aliphatic carbocycles. The molecule has 498 valence electrons. The van der Waals surface area contributed by atoms with E-state index in [1.807, 2.05) is 0 Å². The molecule has 7 nitrogen and oxygen atoms in total. The lowest BCUT2D eigenvalue weighted by molar-refractivity contribution is -0.763. The lowest BCUT2D eigenvalue weighted by Gasteiger charge is -2.34. The van der Waals surface area contributed by atoms with Crippen LogP contribution in [0.2, 0.25) is 0 Å². The number of ether oxygens (including phenoxy) is 2. The van der Waals surface area contributed by atoms with E-state index < -0.39 is 16.7 Å². The van der Waals surface area contributed by atoms with Crippen LogP contribution in [0.3, 0.4) is 0 Å². The Labute approximate surface area is 539 Å². The molecular formula is C77H142BrNO6. The van der Waals surface area contributed by atoms with E-state index in [-0.39, 0.29) is 53.7 Å². The molecule has 0 fully saturated rings. The van der Waals surface area contributed by atoms with E-state index in [1.54, 1.807) is 14.0 Å². The van der Waals surface area contributed by atoms with Crippen molar-refractivity contribution in [1.29, 1.82) is 0 Å². The third-order valence-corrected chi connectivity index (χ3v) is 17.4. The molecule has 0 saturated carbocycles. The Hall–Kier alpha value is -2.32. The summed E-state index contributed by atoms with van der Waals surface area (Å²) in [5, 5.41) is 0. The zero-order valence-electron chi connectivity index (χ0n) is 57.4. The van der Waals surface area contributed by atoms with Crippen LogP contribution in [0, 0.1) is 0 Å². The number of amides is 2. The van der Waals surface area contributed by atoms with Crippen molar-refractivity contribution in [1.82, 2.24) is 0 Å². The maximum Gasteiger partial charge on any atom is 0.320 e. The van der Waals surface area contributed by atoms with Gasteiger partial charge in [-0.15, -0.1) is 0 Å². The molecule has 0 aliphatic rings. The molecule has 2 atom stereocenters. The highest BCUT2D eigenvalue weighted by Crippen LogP contribution is 2.23. The molecule has 0 aromatic carbocycles. The Kier molecular flexibility index (Phi) is 67.4. The van der Waals surface area contributed by atoms with Gasteiger partial charge in [0.05, 0.1) is 19.9 Å². The molecule has 0 aliphatic heterocycles. The van der Waals surface area contributed by atoms with Crippen molar-refractivity contribution >= 4 is 23.8 Å². The van der Waals surface area contributed by atoms with Crippen LogP contribution in [0.25, 0.3) is 0 Å². The molecule has 0 radical (unpaired) electrons. The summed E-state index contributed by atoms with van der Waals surface area (Å²) in [6, 6.07) is 0. The average Bonchev–Trinajstić information content (AvgIpc) is 3.67. The number of carbonyl (C=O) groups is 4. The number of nitrogens with zero attached hydrogens (tertiary/aromatic N) is 1. The number of carbonyl (C=O) groups excluding carboxylic acids is 4. The SMILES string of the molecule is CCCCCCCC/C=C\CCCCCCCC(=O)OC(C)C(C[N+](C)(C(=O)CCCCCCC/C=C\CCCCCCCC)C(=O)CCCCCCC/C=C\CCCCCCCC)OC(=O)CCCCCCC/C=C\CCCCCCCC.[Br-]. The Bertz CT molecular complexity index is 1540. The molecule has 2 amide bonds. The van der Waals surface area contributed by atoms with Gasteiger partial charge >= 0.3 is 23.8 Å². The number of hydrogen-bond donors (Lipinski definition) is 0. The predicted octanol–water partition coefficient (Wildman–Crippen LogP) is 21.5. The van der Waals surface area contributed by atoms with Crippen LogP contribution in [0.5, 0.6) is 0 Å². The van der Waals surface area contributed by atoms with Gasteiger partial charge in [0.25, 0.3) is 0 Å². The molecule has 85 heavy (non-hydrogen) atoms. The number of allylic oxidation sites excluding steroid dienone is 8. The first-order valence-electron chi connectivity index (χ1n) is 37.1. The number of hydrogen-bond acceptors (Lipinski definition) is 6. The lowest BCUT2D eigenvalue weighted by Crippen LogP contribution is -3.00. The molecule has 0 heterocycles. The molecule has 0 bridgehead atoms. The highest BCUT2D eigenvalue weighted by atomic mass is 79.9. The van der Waals surface area contributed by atoms with Crippen molar-refractivity contribution in [2.45, 2.75) is 406 Å². The van der Waals surface area contributed by atoms with E-state index >= 15 is 0 Å². The summed E-state index contributed by atoms with van der Waals surface area (Å²) in [7, 11) is 1.74. The molecule has 0 saturated heterocycles. The number of unbranched alkanes of at least 4 members (excludes halogenated alkanes) is 44. The van der Waals surface area contributed by atoms with Gasteiger partial charge in [0, 0.05) is 12.8 Å². The number of halogens is 1. The highest BCUT2D eigenvalue weighted by Gasteiger charge is 2.44. The van der Waals surface area contributed by atoms with Crippen LogP contribution in [-0.4, -0.2) is 54.0 Å². The van der Waals surface area contributed by atoms with Gasteiger partial charge in [-0.25, -0.2) is 9.59 Å². The average molecular weight is 1260 g/mol. The van der Waals surface area contributed by atoms with Crippen LogP contribution < -0.4 is 17.0 Å². The summed E-state index contributed by atoms with van der Waals surface area (Å²) in [6.45, 7) is 10.8. The standard InChI is InChI=1S/C77H142NO6.BrH/c1-7-11-15-19-23-27-31-35-39-43-47-51-55-59-63-67-74(79)78(6,75(80)68-64-60-56-52-48-44-40-36-32-28-24-20-16-12-8-2)71-73(84-77(82)70-66-62-58-54-50-46-42-38-34-30-26-22-18-14-10-4)72(5)83-76(81)69-65-61-57-53-49-45-41-37-33-29-25-21-17-13-9-3;/h35-42,72-73H,7-34,43-71H2,1-6H3;1H/q+1;/p-1/b39-35-,40-36-,41-37-,42-38-;. The van der Waals surface area contributed by atoms with Crippen LogP contribution in [0.4, 0.5) is 0 Å². The minimum atomic E-state index is -0.917. The van der Waals surface area contributed by atoms with Gasteiger partial charge < -0.3 is 26.5 Å². The maximum absolute atomic E-state index is 14.5. The van der Waals surface area contributed by atoms with Crippen LogP contribution in [0.15, 0.2) is 48.6 Å². The Balaban J connectivity index is 0. The van der Waals surface area contributed by atoms with E-state index in [9.17, 15) is 19.2 Å². The van der Waals surface area contributed by atoms with Crippen molar-refractivity contribution in [3.63, 3.8) is 0 Å². The summed E-state index contributed by atoms with van der Waals surface area (Å²) in [6.07, 6.45) is 79.5. The fourth-order valence-electron chi connectivity index (χ4n) is 11.4.